The van der Waals surface area contributed by atoms with Crippen molar-refractivity contribution in [2.45, 2.75) is 39.2 Å². The average Bonchev–Trinajstić information content (AvgIpc) is 2.50. The third-order valence-electron chi connectivity index (χ3n) is 3.14. The third-order valence-corrected chi connectivity index (χ3v) is 3.14. The Bertz CT molecular complexity index is 634. The molecule has 1 rings (SSSR count). The van der Waals surface area contributed by atoms with Crippen molar-refractivity contribution in [2.75, 3.05) is 20.3 Å². The highest BCUT2D eigenvalue weighted by molar-refractivity contribution is 6.09. The summed E-state index contributed by atoms with van der Waals surface area (Å²) in [6.07, 6.45) is 3.69. The van der Waals surface area contributed by atoms with Crippen molar-refractivity contribution < 1.29 is 18.7 Å². The minimum absolute atomic E-state index is 0.193. The molecule has 0 atom stereocenters. The second-order valence-corrected chi connectivity index (χ2v) is 6.56. The van der Waals surface area contributed by atoms with Gasteiger partial charge in [0, 0.05) is 25.0 Å². The van der Waals surface area contributed by atoms with E-state index < -0.39 is 5.60 Å². The van der Waals surface area contributed by atoms with Gasteiger partial charge in [0.15, 0.2) is 0 Å². The highest BCUT2D eigenvalue weighted by Gasteiger charge is 2.15. The van der Waals surface area contributed by atoms with Gasteiger partial charge in [-0.2, -0.15) is 0 Å². The van der Waals surface area contributed by atoms with Crippen LogP contribution in [-0.4, -0.2) is 38.0 Å². The van der Waals surface area contributed by atoms with Crippen LogP contribution in [0.4, 0.5) is 4.39 Å². The molecule has 0 bridgehead atoms. The SMILES string of the molecule is CN=CC(=CN)c1cc(F)cc(CCOCCC(=O)OC(C)(C)C)c1. The number of esters is 1. The zero-order chi connectivity index (χ0) is 18.9. The lowest BCUT2D eigenvalue weighted by molar-refractivity contribution is -0.156. The first-order valence-corrected chi connectivity index (χ1v) is 8.18. The van der Waals surface area contributed by atoms with E-state index in [0.717, 1.165) is 5.56 Å². The molecule has 0 radical (unpaired) electrons. The standard InChI is InChI=1S/C19H27FN2O3/c1-19(2,3)25-18(23)6-8-24-7-5-14-9-15(11-17(20)10-14)16(12-21)13-22-4/h9-13H,5-8,21H2,1-4H3. The average molecular weight is 350 g/mol. The van der Waals surface area contributed by atoms with E-state index in [-0.39, 0.29) is 24.8 Å². The molecule has 5 nitrogen and oxygen atoms in total. The van der Waals surface area contributed by atoms with Gasteiger partial charge in [-0.3, -0.25) is 9.79 Å². The molecule has 0 aromatic heterocycles. The molecule has 6 heteroatoms. The van der Waals surface area contributed by atoms with Crippen molar-refractivity contribution in [3.8, 4) is 0 Å². The summed E-state index contributed by atoms with van der Waals surface area (Å²) < 4.78 is 24.4. The Labute approximate surface area is 148 Å². The predicted molar refractivity (Wildman–Crippen MR) is 98.0 cm³/mol. The maximum atomic E-state index is 13.8. The summed E-state index contributed by atoms with van der Waals surface area (Å²) in [6, 6.07) is 4.71. The Hall–Kier alpha value is -2.21. The number of hydrogen-bond donors (Lipinski definition) is 1. The van der Waals surface area contributed by atoms with Gasteiger partial charge in [0.05, 0.1) is 19.6 Å². The normalized spacial score (nSPS) is 12.6. The summed E-state index contributed by atoms with van der Waals surface area (Å²) in [5, 5.41) is 0. The number of ether oxygens (including phenoxy) is 2. The molecule has 0 unspecified atom stereocenters. The van der Waals surface area contributed by atoms with Gasteiger partial charge in [0.2, 0.25) is 0 Å². The molecule has 2 N–H and O–H groups in total. The Morgan fingerprint density at radius 3 is 2.60 bits per heavy atom. The molecule has 0 aliphatic rings. The molecule has 0 saturated carbocycles. The maximum absolute atomic E-state index is 13.8. The lowest BCUT2D eigenvalue weighted by Crippen LogP contribution is -2.24. The summed E-state index contributed by atoms with van der Waals surface area (Å²) in [4.78, 5) is 15.5. The number of rotatable bonds is 8. The Balaban J connectivity index is 2.50. The van der Waals surface area contributed by atoms with Gasteiger partial charge in [-0.05, 0) is 50.5 Å². The smallest absolute Gasteiger partial charge is 0.308 e. The number of aliphatic imine (C=N–C) groups is 1. The fourth-order valence-electron chi connectivity index (χ4n) is 2.15. The van der Waals surface area contributed by atoms with Gasteiger partial charge in [-0.1, -0.05) is 6.07 Å². The highest BCUT2D eigenvalue weighted by Crippen LogP contribution is 2.17. The molecule has 0 amide bonds. The maximum Gasteiger partial charge on any atom is 0.308 e. The van der Waals surface area contributed by atoms with Crippen molar-refractivity contribution in [3.63, 3.8) is 0 Å². The second-order valence-electron chi connectivity index (χ2n) is 6.56. The molecule has 0 heterocycles. The molecule has 138 valence electrons. The fraction of sp³-hybridized carbons (Fsp3) is 0.474. The summed E-state index contributed by atoms with van der Waals surface area (Å²) in [6.45, 7) is 6.12. The summed E-state index contributed by atoms with van der Waals surface area (Å²) >= 11 is 0. The van der Waals surface area contributed by atoms with Crippen LogP contribution in [0.2, 0.25) is 0 Å². The number of nitrogens with two attached hydrogens (primary N) is 1. The monoisotopic (exact) mass is 350 g/mol. The van der Waals surface area contributed by atoms with E-state index >= 15 is 0 Å². The number of hydrogen-bond acceptors (Lipinski definition) is 5. The zero-order valence-electron chi connectivity index (χ0n) is 15.3. The van der Waals surface area contributed by atoms with Crippen LogP contribution in [0.15, 0.2) is 29.4 Å². The molecule has 0 saturated heterocycles. The van der Waals surface area contributed by atoms with Crippen LogP contribution in [0, 0.1) is 5.82 Å². The van der Waals surface area contributed by atoms with Crippen LogP contribution in [0.5, 0.6) is 0 Å². The number of benzene rings is 1. The van der Waals surface area contributed by atoms with Gasteiger partial charge in [0.25, 0.3) is 0 Å². The number of carbonyl (C=O) groups is 1. The van der Waals surface area contributed by atoms with Crippen LogP contribution in [0.25, 0.3) is 5.57 Å². The number of nitrogens with zero attached hydrogens (tertiary/aromatic N) is 1. The van der Waals surface area contributed by atoms with Gasteiger partial charge in [0.1, 0.15) is 11.4 Å². The number of carbonyl (C=O) groups excluding carboxylic acids is 1. The number of halogens is 1. The minimum Gasteiger partial charge on any atom is -0.460 e. The number of allylic oxidation sites excluding steroid dienone is 1. The summed E-state index contributed by atoms with van der Waals surface area (Å²) in [7, 11) is 1.63. The van der Waals surface area contributed by atoms with Crippen molar-refractivity contribution in [1.29, 1.82) is 0 Å². The van der Waals surface area contributed by atoms with Crippen molar-refractivity contribution in [2.24, 2.45) is 10.7 Å². The quantitative estimate of drug-likeness (QED) is 0.444. The molecular weight excluding hydrogens is 323 g/mol. The topological polar surface area (TPSA) is 73.9 Å². The summed E-state index contributed by atoms with van der Waals surface area (Å²) in [5.41, 5.74) is 7.16. The molecule has 0 fully saturated rings. The lowest BCUT2D eigenvalue weighted by Gasteiger charge is -2.19. The first-order chi connectivity index (χ1) is 11.7. The van der Waals surface area contributed by atoms with Crippen molar-refractivity contribution in [3.05, 3.63) is 41.3 Å². The van der Waals surface area contributed by atoms with Crippen LogP contribution < -0.4 is 5.73 Å². The van der Waals surface area contributed by atoms with Gasteiger partial charge in [-0.15, -0.1) is 0 Å². The van der Waals surface area contributed by atoms with Crippen molar-refractivity contribution in [1.82, 2.24) is 0 Å². The van der Waals surface area contributed by atoms with E-state index in [1.807, 2.05) is 26.8 Å². The van der Waals surface area contributed by atoms with Crippen LogP contribution in [-0.2, 0) is 20.7 Å². The molecule has 0 aliphatic carbocycles. The van der Waals surface area contributed by atoms with E-state index in [9.17, 15) is 9.18 Å². The molecular formula is C19H27FN2O3. The largest absolute Gasteiger partial charge is 0.460 e. The Kier molecular flexibility index (Phi) is 8.28. The van der Waals surface area contributed by atoms with Gasteiger partial charge >= 0.3 is 5.97 Å². The highest BCUT2D eigenvalue weighted by atomic mass is 19.1. The molecule has 1 aromatic rings. The molecule has 1 aromatic carbocycles. The van der Waals surface area contributed by atoms with E-state index in [0.29, 0.717) is 24.2 Å². The first-order valence-electron chi connectivity index (χ1n) is 8.18. The van der Waals surface area contributed by atoms with E-state index in [1.165, 1.54) is 18.3 Å². The Morgan fingerprint density at radius 1 is 1.28 bits per heavy atom. The fourth-order valence-corrected chi connectivity index (χ4v) is 2.15. The van der Waals surface area contributed by atoms with Crippen LogP contribution in [0.3, 0.4) is 0 Å². The first kappa shape index (κ1) is 20.8. The molecule has 25 heavy (non-hydrogen) atoms. The van der Waals surface area contributed by atoms with E-state index in [2.05, 4.69) is 4.99 Å². The van der Waals surface area contributed by atoms with E-state index in [4.69, 9.17) is 15.2 Å². The van der Waals surface area contributed by atoms with Gasteiger partial charge in [-0.25, -0.2) is 4.39 Å². The molecule has 0 spiro atoms. The predicted octanol–water partition coefficient (Wildman–Crippen LogP) is 3.12. The third kappa shape index (κ3) is 8.44. The van der Waals surface area contributed by atoms with Crippen LogP contribution in [0.1, 0.15) is 38.3 Å². The van der Waals surface area contributed by atoms with Crippen LogP contribution >= 0.6 is 0 Å². The Morgan fingerprint density at radius 2 is 2.00 bits per heavy atom. The lowest BCUT2D eigenvalue weighted by atomic mass is 10.0. The minimum atomic E-state index is -0.495. The zero-order valence-corrected chi connectivity index (χ0v) is 15.3. The summed E-state index contributed by atoms with van der Waals surface area (Å²) in [5.74, 6) is -0.637. The van der Waals surface area contributed by atoms with Crippen molar-refractivity contribution >= 4 is 17.8 Å². The molecule has 0 aliphatic heterocycles. The second kappa shape index (κ2) is 9.93. The van der Waals surface area contributed by atoms with E-state index in [1.54, 1.807) is 13.3 Å². The van der Waals surface area contributed by atoms with Gasteiger partial charge < -0.3 is 15.2 Å².